The Balaban J connectivity index is 1.54. The molecule has 1 aliphatic heterocycles. The number of aliphatic hydroxyl groups excluding tert-OH is 1. The zero-order valence-corrected chi connectivity index (χ0v) is 22.2. The summed E-state index contributed by atoms with van der Waals surface area (Å²) < 4.78 is 0. The molecule has 0 aromatic heterocycles. The zero-order valence-electron chi connectivity index (χ0n) is 22.2. The van der Waals surface area contributed by atoms with Gasteiger partial charge >= 0.3 is 0 Å². The molecule has 0 bridgehead atoms. The van der Waals surface area contributed by atoms with Crippen molar-refractivity contribution in [1.29, 1.82) is 0 Å². The predicted octanol–water partition coefficient (Wildman–Crippen LogP) is 4.52. The molecule has 4 rings (SSSR count). The molecular formula is C31H42N2O4. The number of likely N-dealkylation sites (tertiary alicyclic amines) is 1. The third-order valence-corrected chi connectivity index (χ3v) is 8.37. The highest BCUT2D eigenvalue weighted by molar-refractivity contribution is 5.96. The second kappa shape index (κ2) is 12.7. The van der Waals surface area contributed by atoms with Gasteiger partial charge in [0.05, 0.1) is 18.2 Å². The van der Waals surface area contributed by atoms with Crippen molar-refractivity contribution in [3.63, 3.8) is 0 Å². The van der Waals surface area contributed by atoms with Gasteiger partial charge in [-0.2, -0.15) is 0 Å². The Labute approximate surface area is 221 Å². The van der Waals surface area contributed by atoms with Crippen molar-refractivity contribution in [3.05, 3.63) is 65.2 Å². The summed E-state index contributed by atoms with van der Waals surface area (Å²) in [7, 11) is 0. The summed E-state index contributed by atoms with van der Waals surface area (Å²) in [5.41, 5.74) is 2.09. The largest absolute Gasteiger partial charge is 0.508 e. The number of aliphatic hydroxyl groups is 1. The van der Waals surface area contributed by atoms with Crippen molar-refractivity contribution in [2.45, 2.75) is 83.4 Å². The summed E-state index contributed by atoms with van der Waals surface area (Å²) in [6, 6.07) is 14.1. The quantitative estimate of drug-likeness (QED) is 0.441. The van der Waals surface area contributed by atoms with Crippen LogP contribution < -0.4 is 5.32 Å². The van der Waals surface area contributed by atoms with Crippen LogP contribution in [0.1, 0.15) is 73.9 Å². The fraction of sp³-hybridized carbons (Fsp3) is 0.548. The number of fused-ring (bicyclic) bond motifs is 1. The van der Waals surface area contributed by atoms with Crippen LogP contribution in [0.5, 0.6) is 5.75 Å². The third kappa shape index (κ3) is 6.79. The Morgan fingerprint density at radius 3 is 2.49 bits per heavy atom. The highest BCUT2D eigenvalue weighted by Crippen LogP contribution is 2.39. The van der Waals surface area contributed by atoms with Crippen molar-refractivity contribution >= 4 is 11.7 Å². The van der Waals surface area contributed by atoms with Gasteiger partial charge in [0, 0.05) is 24.2 Å². The van der Waals surface area contributed by atoms with Crippen LogP contribution in [0.2, 0.25) is 0 Å². The molecule has 1 amide bonds. The summed E-state index contributed by atoms with van der Waals surface area (Å²) >= 11 is 0. The van der Waals surface area contributed by atoms with Gasteiger partial charge in [0.15, 0.2) is 0 Å². The van der Waals surface area contributed by atoms with E-state index in [1.807, 2.05) is 37.3 Å². The molecule has 1 saturated heterocycles. The molecular weight excluding hydrogens is 464 g/mol. The SMILES string of the molecule is CCCc1c(O)cccc1C(=O)NC(Cc1ccccc1)C(O)CN1CC2CCCCC2CC1C(C)=O. The standard InChI is InChI=1S/C31H42N2O4/c1-3-10-25-26(15-9-16-29(25)35)31(37)32-27(17-22-11-5-4-6-12-22)30(36)20-33-19-24-14-8-7-13-23(24)18-28(33)21(2)34/h4-6,9,11-12,15-16,23-24,27-28,30,35-36H,3,7-8,10,13-14,17-20H2,1-2H3,(H,32,37). The maximum absolute atomic E-state index is 13.4. The van der Waals surface area contributed by atoms with Crippen molar-refractivity contribution in [3.8, 4) is 5.75 Å². The van der Waals surface area contributed by atoms with Gasteiger partial charge in [-0.1, -0.05) is 69.0 Å². The number of phenols is 1. The van der Waals surface area contributed by atoms with Gasteiger partial charge < -0.3 is 15.5 Å². The summed E-state index contributed by atoms with van der Waals surface area (Å²) in [4.78, 5) is 28.2. The number of carbonyl (C=O) groups excluding carboxylic acids is 2. The number of β-amino-alcohol motifs (C(OH)–C–C–N with tert-alkyl or cyclic N) is 1. The van der Waals surface area contributed by atoms with E-state index in [-0.39, 0.29) is 23.5 Å². The number of hydrogen-bond donors (Lipinski definition) is 3. The molecule has 2 fully saturated rings. The van der Waals surface area contributed by atoms with Crippen molar-refractivity contribution in [2.24, 2.45) is 11.8 Å². The molecule has 1 aliphatic carbocycles. The van der Waals surface area contributed by atoms with E-state index in [1.54, 1.807) is 25.1 Å². The third-order valence-electron chi connectivity index (χ3n) is 8.37. The fourth-order valence-corrected chi connectivity index (χ4v) is 6.39. The average Bonchev–Trinajstić information content (AvgIpc) is 2.89. The number of nitrogens with zero attached hydrogens (tertiary/aromatic N) is 1. The lowest BCUT2D eigenvalue weighted by molar-refractivity contribution is -0.126. The number of phenolic OH excluding ortho intramolecular Hbond substituents is 1. The molecule has 2 aromatic carbocycles. The molecule has 0 spiro atoms. The van der Waals surface area contributed by atoms with Crippen molar-refractivity contribution < 1.29 is 19.8 Å². The number of aromatic hydroxyl groups is 1. The van der Waals surface area contributed by atoms with E-state index in [9.17, 15) is 19.8 Å². The summed E-state index contributed by atoms with van der Waals surface area (Å²) in [5.74, 6) is 1.15. The molecule has 5 atom stereocenters. The highest BCUT2D eigenvalue weighted by Gasteiger charge is 2.40. The van der Waals surface area contributed by atoms with E-state index in [0.29, 0.717) is 42.3 Å². The first-order chi connectivity index (χ1) is 17.9. The smallest absolute Gasteiger partial charge is 0.252 e. The van der Waals surface area contributed by atoms with Gasteiger partial charge in [0.2, 0.25) is 0 Å². The second-order valence-electron chi connectivity index (χ2n) is 11.0. The van der Waals surface area contributed by atoms with Gasteiger partial charge in [0.25, 0.3) is 5.91 Å². The normalized spacial score (nSPS) is 23.6. The summed E-state index contributed by atoms with van der Waals surface area (Å²) in [6.07, 6.45) is 6.75. The van der Waals surface area contributed by atoms with Crippen LogP contribution in [-0.4, -0.2) is 58.1 Å². The van der Waals surface area contributed by atoms with Gasteiger partial charge in [-0.05, 0) is 62.1 Å². The minimum absolute atomic E-state index is 0.120. The van der Waals surface area contributed by atoms with Crippen LogP contribution in [-0.2, 0) is 17.6 Å². The molecule has 1 saturated carbocycles. The number of Topliss-reactive ketones (excluding diaryl/α,β-unsaturated/α-hetero) is 1. The van der Waals surface area contributed by atoms with E-state index in [1.165, 1.54) is 25.7 Å². The van der Waals surface area contributed by atoms with Crippen LogP contribution in [0.25, 0.3) is 0 Å². The number of rotatable bonds is 10. The first kappa shape index (κ1) is 27.3. The van der Waals surface area contributed by atoms with Crippen LogP contribution in [0, 0.1) is 11.8 Å². The first-order valence-electron chi connectivity index (χ1n) is 14.0. The lowest BCUT2D eigenvalue weighted by Crippen LogP contribution is -2.56. The zero-order chi connectivity index (χ0) is 26.4. The van der Waals surface area contributed by atoms with Gasteiger partial charge in [0.1, 0.15) is 11.5 Å². The number of piperidine rings is 1. The minimum atomic E-state index is -0.849. The summed E-state index contributed by atoms with van der Waals surface area (Å²) in [6.45, 7) is 4.84. The molecule has 2 aromatic rings. The van der Waals surface area contributed by atoms with Gasteiger partial charge in [-0.25, -0.2) is 0 Å². The maximum atomic E-state index is 13.4. The van der Waals surface area contributed by atoms with E-state index < -0.39 is 12.1 Å². The minimum Gasteiger partial charge on any atom is -0.508 e. The van der Waals surface area contributed by atoms with E-state index in [4.69, 9.17) is 0 Å². The lowest BCUT2D eigenvalue weighted by Gasteiger charge is -2.46. The molecule has 2 aliphatic rings. The van der Waals surface area contributed by atoms with E-state index in [0.717, 1.165) is 24.9 Å². The lowest BCUT2D eigenvalue weighted by atomic mass is 9.72. The Kier molecular flexibility index (Phi) is 9.38. The van der Waals surface area contributed by atoms with E-state index >= 15 is 0 Å². The number of amides is 1. The van der Waals surface area contributed by atoms with Crippen LogP contribution >= 0.6 is 0 Å². The molecule has 5 unspecified atom stereocenters. The molecule has 6 nitrogen and oxygen atoms in total. The number of benzene rings is 2. The van der Waals surface area contributed by atoms with Crippen LogP contribution in [0.4, 0.5) is 0 Å². The molecule has 200 valence electrons. The average molecular weight is 507 g/mol. The van der Waals surface area contributed by atoms with Gasteiger partial charge in [-0.15, -0.1) is 0 Å². The topological polar surface area (TPSA) is 89.9 Å². The molecule has 37 heavy (non-hydrogen) atoms. The van der Waals surface area contributed by atoms with Crippen molar-refractivity contribution in [2.75, 3.05) is 13.1 Å². The van der Waals surface area contributed by atoms with Crippen LogP contribution in [0.15, 0.2) is 48.5 Å². The second-order valence-corrected chi connectivity index (χ2v) is 11.0. The fourth-order valence-electron chi connectivity index (χ4n) is 6.39. The summed E-state index contributed by atoms with van der Waals surface area (Å²) in [5, 5.41) is 25.0. The molecule has 6 heteroatoms. The number of ketones is 1. The predicted molar refractivity (Wildman–Crippen MR) is 146 cm³/mol. The molecule has 3 N–H and O–H groups in total. The highest BCUT2D eigenvalue weighted by atomic mass is 16.3. The van der Waals surface area contributed by atoms with Crippen LogP contribution in [0.3, 0.4) is 0 Å². The van der Waals surface area contributed by atoms with Crippen molar-refractivity contribution in [1.82, 2.24) is 10.2 Å². The van der Waals surface area contributed by atoms with E-state index in [2.05, 4.69) is 10.2 Å². The number of hydrogen-bond acceptors (Lipinski definition) is 5. The first-order valence-corrected chi connectivity index (χ1v) is 14.0. The Morgan fingerprint density at radius 2 is 1.78 bits per heavy atom. The van der Waals surface area contributed by atoms with Gasteiger partial charge in [-0.3, -0.25) is 14.5 Å². The Morgan fingerprint density at radius 1 is 1.05 bits per heavy atom. The maximum Gasteiger partial charge on any atom is 0.252 e. The molecule has 1 heterocycles. The monoisotopic (exact) mass is 506 g/mol. The Hall–Kier alpha value is -2.70. The number of carbonyl (C=O) groups is 2. The number of nitrogens with one attached hydrogen (secondary N) is 1. The molecule has 0 radical (unpaired) electrons. The Bertz CT molecular complexity index is 1060.